The second-order valence-corrected chi connectivity index (χ2v) is 9.65. The van der Waals surface area contributed by atoms with Crippen LogP contribution in [-0.2, 0) is 17.8 Å². The standard InChI is InChI=1S/C24H27N3O2S/c1-24(23(29)25-18-9-5-6-10-18)16-26-19-12-14-30-21(19)15-20(26)22(28)27(24)13-11-17-7-3-2-4-8-17/h2-4,7-8,12,14-15,18H,5-6,9-11,13,16H2,1H3,(H,25,29). The number of nitrogens with zero attached hydrogens (tertiary/aromatic N) is 2. The molecule has 30 heavy (non-hydrogen) atoms. The van der Waals surface area contributed by atoms with E-state index in [1.165, 1.54) is 5.56 Å². The van der Waals surface area contributed by atoms with E-state index in [-0.39, 0.29) is 17.9 Å². The topological polar surface area (TPSA) is 54.3 Å². The van der Waals surface area contributed by atoms with Crippen molar-refractivity contribution in [2.75, 3.05) is 6.54 Å². The van der Waals surface area contributed by atoms with Crippen molar-refractivity contribution in [2.24, 2.45) is 0 Å². The summed E-state index contributed by atoms with van der Waals surface area (Å²) in [6.45, 7) is 2.94. The summed E-state index contributed by atoms with van der Waals surface area (Å²) in [4.78, 5) is 28.9. The summed E-state index contributed by atoms with van der Waals surface area (Å²) < 4.78 is 3.14. The van der Waals surface area contributed by atoms with Crippen LogP contribution in [0.5, 0.6) is 0 Å². The zero-order valence-corrected chi connectivity index (χ0v) is 18.1. The molecule has 2 aromatic heterocycles. The van der Waals surface area contributed by atoms with Crippen LogP contribution < -0.4 is 5.32 Å². The first-order valence-electron chi connectivity index (χ1n) is 10.8. The van der Waals surface area contributed by atoms with Gasteiger partial charge in [0.15, 0.2) is 0 Å². The number of hydrogen-bond acceptors (Lipinski definition) is 3. The highest BCUT2D eigenvalue weighted by Gasteiger charge is 2.48. The van der Waals surface area contributed by atoms with E-state index in [2.05, 4.69) is 17.4 Å². The van der Waals surface area contributed by atoms with Crippen LogP contribution in [0, 0.1) is 0 Å². The Morgan fingerprint density at radius 3 is 2.73 bits per heavy atom. The van der Waals surface area contributed by atoms with Gasteiger partial charge in [0.05, 0.1) is 16.8 Å². The average molecular weight is 422 g/mol. The maximum absolute atomic E-state index is 13.6. The van der Waals surface area contributed by atoms with Gasteiger partial charge in [-0.15, -0.1) is 11.3 Å². The fourth-order valence-electron chi connectivity index (χ4n) is 4.92. The minimum atomic E-state index is -0.907. The summed E-state index contributed by atoms with van der Waals surface area (Å²) in [6, 6.07) is 14.4. The zero-order valence-electron chi connectivity index (χ0n) is 17.3. The molecule has 1 fully saturated rings. The molecule has 156 valence electrons. The molecule has 0 bridgehead atoms. The van der Waals surface area contributed by atoms with E-state index in [1.54, 1.807) is 11.3 Å². The van der Waals surface area contributed by atoms with Crippen molar-refractivity contribution in [1.29, 1.82) is 0 Å². The zero-order chi connectivity index (χ0) is 20.7. The van der Waals surface area contributed by atoms with E-state index >= 15 is 0 Å². The molecule has 1 N–H and O–H groups in total. The highest BCUT2D eigenvalue weighted by molar-refractivity contribution is 7.17. The summed E-state index contributed by atoms with van der Waals surface area (Å²) in [5, 5.41) is 5.30. The van der Waals surface area contributed by atoms with E-state index in [9.17, 15) is 9.59 Å². The second-order valence-electron chi connectivity index (χ2n) is 8.71. The predicted molar refractivity (Wildman–Crippen MR) is 120 cm³/mol. The number of thiophene rings is 1. The number of amides is 2. The van der Waals surface area contributed by atoms with Crippen molar-refractivity contribution in [3.8, 4) is 0 Å². The molecule has 3 aromatic rings. The number of carbonyl (C=O) groups excluding carboxylic acids is 2. The summed E-state index contributed by atoms with van der Waals surface area (Å²) >= 11 is 1.64. The fourth-order valence-corrected chi connectivity index (χ4v) is 5.74. The minimum absolute atomic E-state index is 0.0291. The third-order valence-corrected chi connectivity index (χ3v) is 7.55. The third-order valence-electron chi connectivity index (χ3n) is 6.70. The lowest BCUT2D eigenvalue weighted by molar-refractivity contribution is -0.133. The molecule has 0 saturated heterocycles. The quantitative estimate of drug-likeness (QED) is 0.671. The molecule has 2 aliphatic rings. The van der Waals surface area contributed by atoms with Gasteiger partial charge in [-0.25, -0.2) is 0 Å². The summed E-state index contributed by atoms with van der Waals surface area (Å²) in [5.41, 5.74) is 2.00. The summed E-state index contributed by atoms with van der Waals surface area (Å²) in [6.07, 6.45) is 5.12. The SMILES string of the molecule is CC1(C(=O)NC2CCCC2)Cn2c(cc3sccc32)C(=O)N1CCc1ccccc1. The maximum Gasteiger partial charge on any atom is 0.271 e. The molecule has 0 spiro atoms. The number of fused-ring (bicyclic) bond motifs is 3. The van der Waals surface area contributed by atoms with Gasteiger partial charge in [0.2, 0.25) is 5.91 Å². The molecule has 1 saturated carbocycles. The molecule has 1 aliphatic heterocycles. The Labute approximate surface area is 180 Å². The molecule has 1 unspecified atom stereocenters. The Morgan fingerprint density at radius 1 is 1.20 bits per heavy atom. The minimum Gasteiger partial charge on any atom is -0.351 e. The van der Waals surface area contributed by atoms with Gasteiger partial charge in [-0.2, -0.15) is 0 Å². The van der Waals surface area contributed by atoms with E-state index in [0.29, 0.717) is 18.8 Å². The Bertz CT molecular complexity index is 1080. The smallest absolute Gasteiger partial charge is 0.271 e. The predicted octanol–water partition coefficient (Wildman–Crippen LogP) is 4.22. The van der Waals surface area contributed by atoms with Crippen molar-refractivity contribution in [3.05, 3.63) is 59.1 Å². The Kier molecular flexibility index (Phi) is 4.89. The monoisotopic (exact) mass is 421 g/mol. The normalized spacial score (nSPS) is 21.9. The maximum atomic E-state index is 13.6. The average Bonchev–Trinajstić information content (AvgIpc) is 3.47. The van der Waals surface area contributed by atoms with Gasteiger partial charge < -0.3 is 14.8 Å². The Balaban J connectivity index is 1.49. The van der Waals surface area contributed by atoms with E-state index in [4.69, 9.17) is 0 Å². The van der Waals surface area contributed by atoms with Gasteiger partial charge in [-0.1, -0.05) is 43.2 Å². The number of aromatic nitrogens is 1. The summed E-state index contributed by atoms with van der Waals surface area (Å²) in [5.74, 6) is -0.0804. The van der Waals surface area contributed by atoms with Crippen molar-refractivity contribution < 1.29 is 9.59 Å². The van der Waals surface area contributed by atoms with Gasteiger partial charge >= 0.3 is 0 Å². The molecule has 1 aliphatic carbocycles. The van der Waals surface area contributed by atoms with Gasteiger partial charge in [-0.3, -0.25) is 9.59 Å². The lowest BCUT2D eigenvalue weighted by atomic mass is 9.93. The highest BCUT2D eigenvalue weighted by Crippen LogP contribution is 2.34. The lowest BCUT2D eigenvalue weighted by Crippen LogP contribution is -2.65. The van der Waals surface area contributed by atoms with Crippen LogP contribution in [0.3, 0.4) is 0 Å². The number of benzene rings is 1. The van der Waals surface area contributed by atoms with Gasteiger partial charge in [-0.05, 0) is 49.3 Å². The summed E-state index contributed by atoms with van der Waals surface area (Å²) in [7, 11) is 0. The third kappa shape index (κ3) is 3.23. The number of rotatable bonds is 5. The van der Waals surface area contributed by atoms with Crippen LogP contribution in [0.4, 0.5) is 0 Å². The van der Waals surface area contributed by atoms with Crippen molar-refractivity contribution in [3.63, 3.8) is 0 Å². The molecular formula is C24H27N3O2S. The molecule has 2 amide bonds. The van der Waals surface area contributed by atoms with Crippen LogP contribution >= 0.6 is 11.3 Å². The lowest BCUT2D eigenvalue weighted by Gasteiger charge is -2.44. The number of hydrogen-bond donors (Lipinski definition) is 1. The largest absolute Gasteiger partial charge is 0.351 e. The molecule has 3 heterocycles. The molecule has 0 radical (unpaired) electrons. The van der Waals surface area contributed by atoms with Crippen LogP contribution in [0.25, 0.3) is 10.2 Å². The van der Waals surface area contributed by atoms with Crippen LogP contribution in [0.1, 0.15) is 48.7 Å². The van der Waals surface area contributed by atoms with Crippen LogP contribution in [-0.4, -0.2) is 39.4 Å². The molecule has 1 atom stereocenters. The molecule has 1 aromatic carbocycles. The highest BCUT2D eigenvalue weighted by atomic mass is 32.1. The van der Waals surface area contributed by atoms with E-state index in [0.717, 1.165) is 42.3 Å². The molecular weight excluding hydrogens is 394 g/mol. The van der Waals surface area contributed by atoms with Crippen molar-refractivity contribution in [2.45, 2.75) is 57.2 Å². The molecule has 5 nitrogen and oxygen atoms in total. The fraction of sp³-hybridized carbons (Fsp3) is 0.417. The first-order chi connectivity index (χ1) is 14.6. The first kappa shape index (κ1) is 19.4. The molecule has 5 rings (SSSR count). The van der Waals surface area contributed by atoms with Gasteiger partial charge in [0.1, 0.15) is 11.2 Å². The van der Waals surface area contributed by atoms with E-state index < -0.39 is 5.54 Å². The van der Waals surface area contributed by atoms with Gasteiger partial charge in [0, 0.05) is 12.6 Å². The van der Waals surface area contributed by atoms with E-state index in [1.807, 2.05) is 52.1 Å². The van der Waals surface area contributed by atoms with Crippen molar-refractivity contribution in [1.82, 2.24) is 14.8 Å². The van der Waals surface area contributed by atoms with Crippen molar-refractivity contribution >= 4 is 33.4 Å². The molecule has 6 heteroatoms. The Morgan fingerprint density at radius 2 is 1.97 bits per heavy atom. The Hall–Kier alpha value is -2.60. The van der Waals surface area contributed by atoms with Crippen LogP contribution in [0.2, 0.25) is 0 Å². The number of carbonyl (C=O) groups is 2. The van der Waals surface area contributed by atoms with Gasteiger partial charge in [0.25, 0.3) is 5.91 Å². The second kappa shape index (κ2) is 7.58. The first-order valence-corrected chi connectivity index (χ1v) is 11.7. The van der Waals surface area contributed by atoms with Crippen LogP contribution in [0.15, 0.2) is 47.8 Å². The number of nitrogens with one attached hydrogen (secondary N) is 1.